The van der Waals surface area contributed by atoms with Gasteiger partial charge in [-0.05, 0) is 13.8 Å². The van der Waals surface area contributed by atoms with E-state index in [9.17, 15) is 8.42 Å². The summed E-state index contributed by atoms with van der Waals surface area (Å²) in [5.74, 6) is 2.83. The van der Waals surface area contributed by atoms with Gasteiger partial charge in [-0.3, -0.25) is 0 Å². The molecule has 0 aromatic carbocycles. The second-order valence-corrected chi connectivity index (χ2v) is 5.55. The van der Waals surface area contributed by atoms with Crippen LogP contribution < -0.4 is 5.32 Å². The molecule has 0 rings (SSSR count). The first-order valence-electron chi connectivity index (χ1n) is 4.34. The molecule has 0 heterocycles. The van der Waals surface area contributed by atoms with Crippen molar-refractivity contribution in [3.63, 3.8) is 0 Å². The summed E-state index contributed by atoms with van der Waals surface area (Å²) in [5.41, 5.74) is 0. The summed E-state index contributed by atoms with van der Waals surface area (Å²) >= 11 is 0. The minimum Gasteiger partial charge on any atom is -0.300 e. The van der Waals surface area contributed by atoms with Crippen molar-refractivity contribution in [2.75, 3.05) is 11.5 Å². The van der Waals surface area contributed by atoms with Crippen LogP contribution in [0.4, 0.5) is 0 Å². The maximum Gasteiger partial charge on any atom is 0.151 e. The molecule has 0 saturated heterocycles. The monoisotopic (exact) mass is 203 g/mol. The van der Waals surface area contributed by atoms with Gasteiger partial charge in [-0.25, -0.2) is 8.42 Å². The Morgan fingerprint density at radius 2 is 2.00 bits per heavy atom. The Bertz CT molecular complexity index is 276. The molecule has 0 aliphatic heterocycles. The first kappa shape index (κ1) is 12.5. The molecule has 3 nitrogen and oxygen atoms in total. The van der Waals surface area contributed by atoms with Crippen LogP contribution in [0.15, 0.2) is 0 Å². The van der Waals surface area contributed by atoms with Crippen LogP contribution >= 0.6 is 0 Å². The lowest BCUT2D eigenvalue weighted by atomic mass is 10.3. The average molecular weight is 203 g/mol. The van der Waals surface area contributed by atoms with E-state index in [4.69, 9.17) is 6.42 Å². The van der Waals surface area contributed by atoms with Crippen LogP contribution in [0, 0.1) is 12.3 Å². The lowest BCUT2D eigenvalue weighted by Gasteiger charge is -2.15. The van der Waals surface area contributed by atoms with Crippen LogP contribution in [-0.2, 0) is 9.84 Å². The molecule has 76 valence electrons. The van der Waals surface area contributed by atoms with Crippen LogP contribution in [0.2, 0.25) is 0 Å². The van der Waals surface area contributed by atoms with Crippen LogP contribution in [0.1, 0.15) is 20.8 Å². The largest absolute Gasteiger partial charge is 0.300 e. The summed E-state index contributed by atoms with van der Waals surface area (Å²) in [6.07, 6.45) is 5.15. The van der Waals surface area contributed by atoms with E-state index in [1.807, 2.05) is 13.8 Å². The molecule has 4 heteroatoms. The number of hydrogen-bond acceptors (Lipinski definition) is 3. The summed E-state index contributed by atoms with van der Waals surface area (Å²) in [6.45, 7) is 5.29. The standard InChI is InChI=1S/C9H17NO2S/c1-5-8(3)10-9(4)7-13(11,12)6-2/h1,8-10H,6-7H2,2-4H3. The van der Waals surface area contributed by atoms with Gasteiger partial charge in [0.15, 0.2) is 9.84 Å². The highest BCUT2D eigenvalue weighted by molar-refractivity contribution is 7.91. The predicted octanol–water partition coefficient (Wildman–Crippen LogP) is 0.421. The van der Waals surface area contributed by atoms with Gasteiger partial charge in [0.25, 0.3) is 0 Å². The summed E-state index contributed by atoms with van der Waals surface area (Å²) in [7, 11) is -2.90. The Hall–Kier alpha value is -0.530. The van der Waals surface area contributed by atoms with Crippen molar-refractivity contribution in [2.24, 2.45) is 0 Å². The molecule has 0 spiro atoms. The van der Waals surface area contributed by atoms with Gasteiger partial charge in [-0.1, -0.05) is 12.8 Å². The number of hydrogen-bond donors (Lipinski definition) is 1. The third-order valence-electron chi connectivity index (χ3n) is 1.73. The van der Waals surface area contributed by atoms with Gasteiger partial charge < -0.3 is 5.32 Å². The highest BCUT2D eigenvalue weighted by Gasteiger charge is 2.14. The van der Waals surface area contributed by atoms with Crippen molar-refractivity contribution in [1.82, 2.24) is 5.32 Å². The molecule has 13 heavy (non-hydrogen) atoms. The molecule has 0 radical (unpaired) electrons. The van der Waals surface area contributed by atoms with Crippen molar-refractivity contribution in [3.05, 3.63) is 0 Å². The van der Waals surface area contributed by atoms with E-state index in [1.165, 1.54) is 0 Å². The molecule has 0 saturated carbocycles. The molecule has 0 aliphatic carbocycles. The highest BCUT2D eigenvalue weighted by atomic mass is 32.2. The van der Waals surface area contributed by atoms with E-state index in [0.29, 0.717) is 0 Å². The predicted molar refractivity (Wildman–Crippen MR) is 55.2 cm³/mol. The molecule has 0 aromatic heterocycles. The smallest absolute Gasteiger partial charge is 0.151 e. The third-order valence-corrected chi connectivity index (χ3v) is 3.62. The fourth-order valence-electron chi connectivity index (χ4n) is 1.02. The lowest BCUT2D eigenvalue weighted by molar-refractivity contribution is 0.541. The van der Waals surface area contributed by atoms with E-state index < -0.39 is 9.84 Å². The second kappa shape index (κ2) is 5.25. The zero-order valence-corrected chi connectivity index (χ0v) is 9.19. The van der Waals surface area contributed by atoms with Crippen LogP contribution in [0.25, 0.3) is 0 Å². The number of nitrogens with one attached hydrogen (secondary N) is 1. The fourth-order valence-corrected chi connectivity index (χ4v) is 2.12. The molecule has 0 amide bonds. The minimum absolute atomic E-state index is 0.0814. The first-order valence-corrected chi connectivity index (χ1v) is 6.16. The van der Waals surface area contributed by atoms with Gasteiger partial charge in [-0.2, -0.15) is 0 Å². The van der Waals surface area contributed by atoms with Crippen molar-refractivity contribution in [2.45, 2.75) is 32.9 Å². The topological polar surface area (TPSA) is 46.2 Å². The fraction of sp³-hybridized carbons (Fsp3) is 0.778. The van der Waals surface area contributed by atoms with E-state index >= 15 is 0 Å². The summed E-state index contributed by atoms with van der Waals surface area (Å²) in [4.78, 5) is 0. The quantitative estimate of drug-likeness (QED) is 0.659. The van der Waals surface area contributed by atoms with Crippen molar-refractivity contribution >= 4 is 9.84 Å². The molecule has 0 bridgehead atoms. The van der Waals surface area contributed by atoms with Gasteiger partial charge in [0.2, 0.25) is 0 Å². The summed E-state index contributed by atoms with van der Waals surface area (Å²) in [5, 5.41) is 3.00. The SMILES string of the molecule is C#CC(C)NC(C)CS(=O)(=O)CC. The lowest BCUT2D eigenvalue weighted by Crippen LogP contribution is -2.38. The Balaban J connectivity index is 4.04. The maximum atomic E-state index is 11.2. The van der Waals surface area contributed by atoms with Crippen LogP contribution in [0.5, 0.6) is 0 Å². The normalized spacial score (nSPS) is 16.2. The maximum absolute atomic E-state index is 11.2. The van der Waals surface area contributed by atoms with Gasteiger partial charge in [0.05, 0.1) is 11.8 Å². The zero-order valence-electron chi connectivity index (χ0n) is 8.37. The van der Waals surface area contributed by atoms with Crippen molar-refractivity contribution in [1.29, 1.82) is 0 Å². The number of rotatable bonds is 5. The highest BCUT2D eigenvalue weighted by Crippen LogP contribution is 1.95. The third kappa shape index (κ3) is 5.67. The molecule has 0 aromatic rings. The summed E-state index contributed by atoms with van der Waals surface area (Å²) < 4.78 is 22.4. The number of terminal acetylenes is 1. The molecule has 2 unspecified atom stereocenters. The molecule has 2 atom stereocenters. The van der Waals surface area contributed by atoms with Crippen molar-refractivity contribution < 1.29 is 8.42 Å². The van der Waals surface area contributed by atoms with Crippen LogP contribution in [-0.4, -0.2) is 32.0 Å². The van der Waals surface area contributed by atoms with Crippen molar-refractivity contribution in [3.8, 4) is 12.3 Å². The van der Waals surface area contributed by atoms with Gasteiger partial charge >= 0.3 is 0 Å². The molecule has 1 N–H and O–H groups in total. The van der Waals surface area contributed by atoms with Gasteiger partial charge in [-0.15, -0.1) is 6.42 Å². The summed E-state index contributed by atoms with van der Waals surface area (Å²) in [6, 6.07) is -0.168. The Labute approximate surface area is 80.8 Å². The van der Waals surface area contributed by atoms with E-state index in [-0.39, 0.29) is 23.6 Å². The van der Waals surface area contributed by atoms with E-state index in [1.54, 1.807) is 6.92 Å². The van der Waals surface area contributed by atoms with E-state index in [2.05, 4.69) is 11.2 Å². The first-order chi connectivity index (χ1) is 5.91. The second-order valence-electron chi connectivity index (χ2n) is 3.15. The molecule has 0 aliphatic rings. The van der Waals surface area contributed by atoms with E-state index in [0.717, 1.165) is 0 Å². The molecular formula is C9H17NO2S. The Morgan fingerprint density at radius 1 is 1.46 bits per heavy atom. The van der Waals surface area contributed by atoms with Crippen LogP contribution in [0.3, 0.4) is 0 Å². The molecular weight excluding hydrogens is 186 g/mol. The average Bonchev–Trinajstić information content (AvgIpc) is 2.03. The van der Waals surface area contributed by atoms with Gasteiger partial charge in [0, 0.05) is 11.8 Å². The molecule has 0 fully saturated rings. The van der Waals surface area contributed by atoms with Gasteiger partial charge in [0.1, 0.15) is 0 Å². The minimum atomic E-state index is -2.90. The number of sulfone groups is 1. The Kier molecular flexibility index (Phi) is 5.04. The zero-order chi connectivity index (χ0) is 10.5. The Morgan fingerprint density at radius 3 is 2.38 bits per heavy atom.